The summed E-state index contributed by atoms with van der Waals surface area (Å²) in [7, 11) is 1.74. The molecule has 0 saturated heterocycles. The Labute approximate surface area is 151 Å². The van der Waals surface area contributed by atoms with Gasteiger partial charge in [0.25, 0.3) is 0 Å². The van der Waals surface area contributed by atoms with E-state index in [1.165, 1.54) is 6.07 Å². The monoisotopic (exact) mass is 353 g/mol. The normalized spacial score (nSPS) is 11.6. The van der Waals surface area contributed by atoms with Crippen molar-refractivity contribution in [2.45, 2.75) is 33.1 Å². The Morgan fingerprint density at radius 2 is 1.80 bits per heavy atom. The minimum Gasteiger partial charge on any atom is -0.379 e. The maximum absolute atomic E-state index is 13.1. The second kappa shape index (κ2) is 13.6. The third kappa shape index (κ3) is 10.0. The summed E-state index contributed by atoms with van der Waals surface area (Å²) in [5.74, 6) is 0.546. The Balaban J connectivity index is 2.08. The average Bonchev–Trinajstić information content (AvgIpc) is 2.60. The molecule has 0 spiro atoms. The fourth-order valence-corrected chi connectivity index (χ4v) is 2.29. The first kappa shape index (κ1) is 21.4. The second-order valence-electron chi connectivity index (χ2n) is 5.82. The van der Waals surface area contributed by atoms with Crippen LogP contribution < -0.4 is 10.6 Å². The van der Waals surface area contributed by atoms with Crippen molar-refractivity contribution < 1.29 is 13.9 Å². The molecule has 0 aliphatic heterocycles. The average molecular weight is 353 g/mol. The van der Waals surface area contributed by atoms with Gasteiger partial charge in [0.2, 0.25) is 0 Å². The second-order valence-corrected chi connectivity index (χ2v) is 5.82. The lowest BCUT2D eigenvalue weighted by Gasteiger charge is -2.13. The summed E-state index contributed by atoms with van der Waals surface area (Å²) >= 11 is 0. The van der Waals surface area contributed by atoms with E-state index in [4.69, 9.17) is 9.47 Å². The van der Waals surface area contributed by atoms with Gasteiger partial charge in [-0.2, -0.15) is 0 Å². The first-order valence-corrected chi connectivity index (χ1v) is 9.02. The van der Waals surface area contributed by atoms with E-state index < -0.39 is 0 Å². The quantitative estimate of drug-likeness (QED) is 0.345. The largest absolute Gasteiger partial charge is 0.379 e. The van der Waals surface area contributed by atoms with E-state index in [1.807, 2.05) is 13.0 Å². The van der Waals surface area contributed by atoms with Crippen LogP contribution in [-0.2, 0) is 15.9 Å². The van der Waals surface area contributed by atoms with Crippen molar-refractivity contribution >= 4 is 5.96 Å². The van der Waals surface area contributed by atoms with Gasteiger partial charge in [-0.15, -0.1) is 0 Å². The van der Waals surface area contributed by atoms with Crippen LogP contribution in [0.5, 0.6) is 0 Å². The van der Waals surface area contributed by atoms with Gasteiger partial charge in [-0.25, -0.2) is 4.39 Å². The van der Waals surface area contributed by atoms with Crippen LogP contribution in [0.15, 0.2) is 23.2 Å². The molecule has 0 aromatic heterocycles. The highest BCUT2D eigenvalue weighted by Gasteiger charge is 2.01. The third-order valence-electron chi connectivity index (χ3n) is 3.77. The number of hydrogen-bond donors (Lipinski definition) is 2. The van der Waals surface area contributed by atoms with Crippen molar-refractivity contribution in [3.05, 3.63) is 35.1 Å². The molecule has 0 unspecified atom stereocenters. The number of aliphatic imine (C=N–C) groups is 1. The summed E-state index contributed by atoms with van der Waals surface area (Å²) < 4.78 is 24.0. The van der Waals surface area contributed by atoms with Crippen LogP contribution in [0, 0.1) is 12.7 Å². The van der Waals surface area contributed by atoms with Gasteiger partial charge in [0, 0.05) is 26.7 Å². The molecule has 0 aliphatic rings. The molecular formula is C19H32FN3O2. The molecule has 142 valence electrons. The smallest absolute Gasteiger partial charge is 0.191 e. The minimum atomic E-state index is -0.192. The van der Waals surface area contributed by atoms with E-state index in [0.717, 1.165) is 49.5 Å². The molecular weight excluding hydrogens is 321 g/mol. The predicted octanol–water partition coefficient (Wildman–Crippen LogP) is 2.67. The number of nitrogens with one attached hydrogen (secondary N) is 2. The number of hydrogen-bond acceptors (Lipinski definition) is 3. The van der Waals surface area contributed by atoms with Crippen LogP contribution in [0.1, 0.15) is 30.9 Å². The van der Waals surface area contributed by atoms with E-state index in [9.17, 15) is 4.39 Å². The molecule has 0 saturated carbocycles. The van der Waals surface area contributed by atoms with Crippen molar-refractivity contribution in [2.75, 3.05) is 46.6 Å². The van der Waals surface area contributed by atoms with Crippen molar-refractivity contribution in [3.63, 3.8) is 0 Å². The van der Waals surface area contributed by atoms with E-state index in [2.05, 4.69) is 22.5 Å². The zero-order chi connectivity index (χ0) is 18.3. The molecule has 0 aliphatic carbocycles. The summed E-state index contributed by atoms with van der Waals surface area (Å²) in [6.45, 7) is 8.16. The lowest BCUT2D eigenvalue weighted by molar-refractivity contribution is 0.0487. The van der Waals surface area contributed by atoms with Crippen LogP contribution in [0.25, 0.3) is 0 Å². The van der Waals surface area contributed by atoms with Gasteiger partial charge in [0.05, 0.1) is 19.8 Å². The van der Waals surface area contributed by atoms with Crippen LogP contribution >= 0.6 is 0 Å². The molecule has 1 aromatic carbocycles. The molecule has 0 heterocycles. The fraction of sp³-hybridized carbons (Fsp3) is 0.632. The van der Waals surface area contributed by atoms with Crippen LogP contribution in [0.2, 0.25) is 0 Å². The van der Waals surface area contributed by atoms with Gasteiger partial charge in [0.15, 0.2) is 5.96 Å². The van der Waals surface area contributed by atoms with E-state index in [0.29, 0.717) is 26.4 Å². The Morgan fingerprint density at radius 1 is 1.08 bits per heavy atom. The van der Waals surface area contributed by atoms with Gasteiger partial charge in [-0.3, -0.25) is 4.99 Å². The number of guanidine groups is 1. The van der Waals surface area contributed by atoms with Crippen LogP contribution in [0.3, 0.4) is 0 Å². The number of halogens is 1. The molecule has 5 nitrogen and oxygen atoms in total. The van der Waals surface area contributed by atoms with Crippen LogP contribution in [0.4, 0.5) is 4.39 Å². The summed E-state index contributed by atoms with van der Waals surface area (Å²) in [6, 6.07) is 4.89. The summed E-state index contributed by atoms with van der Waals surface area (Å²) in [5, 5.41) is 6.45. The molecule has 0 amide bonds. The summed E-state index contributed by atoms with van der Waals surface area (Å²) in [5.41, 5.74) is 2.11. The molecule has 0 fully saturated rings. The van der Waals surface area contributed by atoms with Gasteiger partial charge in [-0.1, -0.05) is 19.4 Å². The third-order valence-corrected chi connectivity index (χ3v) is 3.77. The van der Waals surface area contributed by atoms with Crippen molar-refractivity contribution in [2.24, 2.45) is 4.99 Å². The lowest BCUT2D eigenvalue weighted by atomic mass is 10.1. The van der Waals surface area contributed by atoms with E-state index >= 15 is 0 Å². The minimum absolute atomic E-state index is 0.192. The molecule has 0 atom stereocenters. The number of nitrogens with zero attached hydrogens (tertiary/aromatic N) is 1. The number of ether oxygens (including phenoxy) is 2. The van der Waals surface area contributed by atoms with Crippen molar-refractivity contribution in [3.8, 4) is 0 Å². The highest BCUT2D eigenvalue weighted by Crippen LogP contribution is 2.10. The van der Waals surface area contributed by atoms with Gasteiger partial charge < -0.3 is 20.1 Å². The van der Waals surface area contributed by atoms with E-state index in [-0.39, 0.29) is 5.82 Å². The van der Waals surface area contributed by atoms with Gasteiger partial charge >= 0.3 is 0 Å². The summed E-state index contributed by atoms with van der Waals surface area (Å²) in [4.78, 5) is 4.18. The Morgan fingerprint density at radius 3 is 2.48 bits per heavy atom. The van der Waals surface area contributed by atoms with Crippen LogP contribution in [-0.4, -0.2) is 52.5 Å². The zero-order valence-corrected chi connectivity index (χ0v) is 15.7. The van der Waals surface area contributed by atoms with Crippen molar-refractivity contribution in [1.82, 2.24) is 10.6 Å². The highest BCUT2D eigenvalue weighted by molar-refractivity contribution is 5.79. The van der Waals surface area contributed by atoms with Crippen molar-refractivity contribution in [1.29, 1.82) is 0 Å². The SMILES string of the molecule is CCCCOCCOCCNC(=NC)NCCc1ccc(F)cc1C. The molecule has 0 bridgehead atoms. The maximum Gasteiger partial charge on any atom is 0.191 e. The summed E-state index contributed by atoms with van der Waals surface area (Å²) in [6.07, 6.45) is 3.07. The lowest BCUT2D eigenvalue weighted by Crippen LogP contribution is -2.40. The molecule has 1 rings (SSSR count). The molecule has 1 aromatic rings. The maximum atomic E-state index is 13.1. The first-order chi connectivity index (χ1) is 12.2. The Kier molecular flexibility index (Phi) is 11.6. The molecule has 2 N–H and O–H groups in total. The predicted molar refractivity (Wildman–Crippen MR) is 101 cm³/mol. The number of rotatable bonds is 12. The first-order valence-electron chi connectivity index (χ1n) is 9.02. The zero-order valence-electron chi connectivity index (χ0n) is 15.7. The Hall–Kier alpha value is -1.66. The molecule has 6 heteroatoms. The fourth-order valence-electron chi connectivity index (χ4n) is 2.29. The molecule has 25 heavy (non-hydrogen) atoms. The van der Waals surface area contributed by atoms with Gasteiger partial charge in [-0.05, 0) is 43.0 Å². The van der Waals surface area contributed by atoms with Gasteiger partial charge in [0.1, 0.15) is 5.82 Å². The number of unbranched alkanes of at least 4 members (excludes halogenated alkanes) is 1. The molecule has 0 radical (unpaired) electrons. The number of aryl methyl sites for hydroxylation is 1. The standard InChI is InChI=1S/C19H32FN3O2/c1-4-5-11-24-13-14-25-12-10-23-19(21-3)22-9-8-17-6-7-18(20)15-16(17)2/h6-7,15H,4-5,8-14H2,1-3H3,(H2,21,22,23). The Bertz CT molecular complexity index is 509. The highest BCUT2D eigenvalue weighted by atomic mass is 19.1. The van der Waals surface area contributed by atoms with E-state index in [1.54, 1.807) is 13.1 Å². The topological polar surface area (TPSA) is 54.9 Å². The number of benzene rings is 1.